The van der Waals surface area contributed by atoms with E-state index < -0.39 is 12.0 Å². The van der Waals surface area contributed by atoms with Crippen LogP contribution in [0, 0.1) is 0 Å². The number of rotatable bonds is 2. The van der Waals surface area contributed by atoms with Crippen molar-refractivity contribution in [3.05, 3.63) is 11.6 Å². The van der Waals surface area contributed by atoms with Crippen molar-refractivity contribution in [2.24, 2.45) is 0 Å². The fraction of sp³-hybridized carbons (Fsp3) is 0.667. The van der Waals surface area contributed by atoms with Gasteiger partial charge in [-0.3, -0.25) is 4.79 Å². The summed E-state index contributed by atoms with van der Waals surface area (Å²) >= 11 is 0. The third-order valence-corrected chi connectivity index (χ3v) is 2.63. The van der Waals surface area contributed by atoms with Gasteiger partial charge < -0.3 is 14.2 Å². The monoisotopic (exact) mass is 264 g/mol. The minimum atomic E-state index is -4.52. The molecule has 9 heteroatoms. The van der Waals surface area contributed by atoms with Crippen molar-refractivity contribution in [2.75, 3.05) is 20.3 Å². The molecule has 0 unspecified atom stereocenters. The minimum absolute atomic E-state index is 0.0191. The number of hydrogen-bond donors (Lipinski definition) is 0. The van der Waals surface area contributed by atoms with Gasteiger partial charge in [0.2, 0.25) is 11.7 Å². The quantitative estimate of drug-likeness (QED) is 0.770. The van der Waals surface area contributed by atoms with E-state index in [1.165, 1.54) is 12.0 Å². The lowest BCUT2D eigenvalue weighted by Gasteiger charge is -2.27. The normalized spacial score (nSPS) is 15.7. The Morgan fingerprint density at radius 1 is 1.39 bits per heavy atom. The first-order chi connectivity index (χ1) is 8.43. The molecule has 1 amide bonds. The molecule has 1 aliphatic heterocycles. The molecule has 0 spiro atoms. The fourth-order valence-electron chi connectivity index (χ4n) is 1.80. The molecule has 1 aromatic rings. The van der Waals surface area contributed by atoms with Gasteiger partial charge in [-0.15, -0.1) is 10.2 Å². The zero-order valence-corrected chi connectivity index (χ0v) is 9.57. The van der Waals surface area contributed by atoms with Crippen LogP contribution in [0.25, 0.3) is 0 Å². The Hall–Kier alpha value is -1.64. The summed E-state index contributed by atoms with van der Waals surface area (Å²) in [5, 5.41) is 6.60. The second-order valence-corrected chi connectivity index (χ2v) is 3.84. The first-order valence-corrected chi connectivity index (χ1v) is 5.19. The molecule has 0 aromatic carbocycles. The second-order valence-electron chi connectivity index (χ2n) is 3.84. The van der Waals surface area contributed by atoms with Gasteiger partial charge in [-0.1, -0.05) is 0 Å². The lowest BCUT2D eigenvalue weighted by Crippen LogP contribution is -2.40. The first-order valence-electron chi connectivity index (χ1n) is 5.19. The second kappa shape index (κ2) is 4.56. The van der Waals surface area contributed by atoms with Gasteiger partial charge in [0.15, 0.2) is 5.82 Å². The molecule has 1 aromatic heterocycles. The van der Waals surface area contributed by atoms with Gasteiger partial charge >= 0.3 is 6.18 Å². The van der Waals surface area contributed by atoms with Crippen molar-refractivity contribution < 1.29 is 22.7 Å². The lowest BCUT2D eigenvalue weighted by molar-refractivity contribution is -0.148. The van der Waals surface area contributed by atoms with Gasteiger partial charge in [-0.2, -0.15) is 13.2 Å². The van der Waals surface area contributed by atoms with Crippen LogP contribution in [0.3, 0.4) is 0 Å². The summed E-state index contributed by atoms with van der Waals surface area (Å²) in [4.78, 5) is 12.9. The Bertz CT molecular complexity index is 457. The molecule has 0 saturated heterocycles. The Kier molecular flexibility index (Phi) is 3.24. The maximum atomic E-state index is 12.6. The van der Waals surface area contributed by atoms with E-state index in [1.807, 2.05) is 0 Å². The number of carbonyl (C=O) groups is 1. The molecule has 0 N–H and O–H groups in total. The molecule has 1 aliphatic rings. The SMILES string of the molecule is COCC(=O)N1CCn2c(nnc2C(F)(F)F)C1. The number of ether oxygens (including phenoxy) is 1. The van der Waals surface area contributed by atoms with Crippen LogP contribution in [0.2, 0.25) is 0 Å². The van der Waals surface area contributed by atoms with Gasteiger partial charge in [-0.05, 0) is 0 Å². The highest BCUT2D eigenvalue weighted by molar-refractivity contribution is 5.77. The summed E-state index contributed by atoms with van der Waals surface area (Å²) in [6, 6.07) is 0. The van der Waals surface area contributed by atoms with E-state index in [0.717, 1.165) is 4.57 Å². The molecule has 0 atom stereocenters. The number of fused-ring (bicyclic) bond motifs is 1. The number of methoxy groups -OCH3 is 1. The van der Waals surface area contributed by atoms with E-state index >= 15 is 0 Å². The van der Waals surface area contributed by atoms with E-state index in [0.29, 0.717) is 0 Å². The molecule has 100 valence electrons. The molecule has 0 bridgehead atoms. The van der Waals surface area contributed by atoms with E-state index in [-0.39, 0.29) is 38.0 Å². The number of halogens is 3. The molecule has 0 radical (unpaired) electrons. The van der Waals surface area contributed by atoms with Crippen LogP contribution in [-0.4, -0.2) is 45.8 Å². The number of aromatic nitrogens is 3. The third kappa shape index (κ3) is 2.30. The minimum Gasteiger partial charge on any atom is -0.375 e. The number of alkyl halides is 3. The highest BCUT2D eigenvalue weighted by Gasteiger charge is 2.39. The highest BCUT2D eigenvalue weighted by Crippen LogP contribution is 2.29. The Balaban J connectivity index is 2.17. The van der Waals surface area contributed by atoms with Gasteiger partial charge in [0.05, 0.1) is 6.54 Å². The third-order valence-electron chi connectivity index (χ3n) is 2.63. The smallest absolute Gasteiger partial charge is 0.375 e. The van der Waals surface area contributed by atoms with Crippen LogP contribution in [0.15, 0.2) is 0 Å². The molecular formula is C9H11F3N4O2. The molecule has 6 nitrogen and oxygen atoms in total. The summed E-state index contributed by atoms with van der Waals surface area (Å²) < 4.78 is 43.4. The molecule has 18 heavy (non-hydrogen) atoms. The molecular weight excluding hydrogens is 253 g/mol. The zero-order chi connectivity index (χ0) is 13.3. The molecule has 2 rings (SSSR count). The summed E-state index contributed by atoms with van der Waals surface area (Å²) in [6.45, 7) is 0.147. The van der Waals surface area contributed by atoms with Gasteiger partial charge in [0, 0.05) is 20.2 Å². The van der Waals surface area contributed by atoms with Crippen molar-refractivity contribution in [1.82, 2.24) is 19.7 Å². The van der Waals surface area contributed by atoms with Crippen LogP contribution in [-0.2, 0) is 28.8 Å². The van der Waals surface area contributed by atoms with Crippen LogP contribution in [0.4, 0.5) is 13.2 Å². The summed E-state index contributed by atoms with van der Waals surface area (Å²) in [5.41, 5.74) is 0. The van der Waals surface area contributed by atoms with Crippen molar-refractivity contribution in [1.29, 1.82) is 0 Å². The van der Waals surface area contributed by atoms with E-state index in [4.69, 9.17) is 4.74 Å². The number of carbonyl (C=O) groups excluding carboxylic acids is 1. The Morgan fingerprint density at radius 2 is 2.11 bits per heavy atom. The maximum Gasteiger partial charge on any atom is 0.451 e. The highest BCUT2D eigenvalue weighted by atomic mass is 19.4. The topological polar surface area (TPSA) is 60.2 Å². The average molecular weight is 264 g/mol. The first kappa shape index (κ1) is 12.8. The summed E-state index contributed by atoms with van der Waals surface area (Å²) in [7, 11) is 1.38. The predicted octanol–water partition coefficient (Wildman–Crippen LogP) is 0.285. The van der Waals surface area contributed by atoms with Crippen molar-refractivity contribution in [2.45, 2.75) is 19.3 Å². The van der Waals surface area contributed by atoms with Gasteiger partial charge in [-0.25, -0.2) is 0 Å². The summed E-state index contributed by atoms with van der Waals surface area (Å²) in [6.07, 6.45) is -4.52. The predicted molar refractivity (Wildman–Crippen MR) is 52.3 cm³/mol. The lowest BCUT2D eigenvalue weighted by atomic mass is 10.3. The van der Waals surface area contributed by atoms with Crippen molar-refractivity contribution >= 4 is 5.91 Å². The number of nitrogens with zero attached hydrogens (tertiary/aromatic N) is 4. The van der Waals surface area contributed by atoms with Gasteiger partial charge in [0.25, 0.3) is 0 Å². The standard InChI is InChI=1S/C9H11F3N4O2/c1-18-5-7(17)15-2-3-16-6(4-15)13-14-8(16)9(10,11)12/h2-5H2,1H3. The van der Waals surface area contributed by atoms with Crippen molar-refractivity contribution in [3.63, 3.8) is 0 Å². The van der Waals surface area contributed by atoms with E-state index in [1.54, 1.807) is 0 Å². The molecule has 0 saturated carbocycles. The molecule has 2 heterocycles. The van der Waals surface area contributed by atoms with Gasteiger partial charge in [0.1, 0.15) is 6.61 Å². The summed E-state index contributed by atoms with van der Waals surface area (Å²) in [5.74, 6) is -1.16. The zero-order valence-electron chi connectivity index (χ0n) is 9.57. The van der Waals surface area contributed by atoms with Crippen LogP contribution in [0.1, 0.15) is 11.6 Å². The molecule has 0 fully saturated rings. The average Bonchev–Trinajstić information content (AvgIpc) is 2.71. The van der Waals surface area contributed by atoms with E-state index in [9.17, 15) is 18.0 Å². The Labute approximate surface area is 100 Å². The van der Waals surface area contributed by atoms with Crippen molar-refractivity contribution in [3.8, 4) is 0 Å². The number of amides is 1. The maximum absolute atomic E-state index is 12.6. The van der Waals surface area contributed by atoms with Crippen LogP contribution < -0.4 is 0 Å². The number of hydrogen-bond acceptors (Lipinski definition) is 4. The van der Waals surface area contributed by atoms with Crippen LogP contribution in [0.5, 0.6) is 0 Å². The largest absolute Gasteiger partial charge is 0.451 e. The van der Waals surface area contributed by atoms with Crippen LogP contribution >= 0.6 is 0 Å². The molecule has 0 aliphatic carbocycles. The fourth-order valence-corrected chi connectivity index (χ4v) is 1.80. The Morgan fingerprint density at radius 3 is 2.72 bits per heavy atom. The van der Waals surface area contributed by atoms with E-state index in [2.05, 4.69) is 10.2 Å².